The number of aldehydes is 1. The molecule has 1 unspecified atom stereocenters. The van der Waals surface area contributed by atoms with Gasteiger partial charge in [0, 0.05) is 36.4 Å². The van der Waals surface area contributed by atoms with Gasteiger partial charge in [0.25, 0.3) is 5.91 Å². The number of rotatable bonds is 6. The van der Waals surface area contributed by atoms with Crippen LogP contribution in [-0.2, 0) is 6.54 Å². The maximum atomic E-state index is 12.8. The summed E-state index contributed by atoms with van der Waals surface area (Å²) in [6.45, 7) is 0.594. The third-order valence-corrected chi connectivity index (χ3v) is 6.89. The molecule has 3 aromatic rings. The van der Waals surface area contributed by atoms with Crippen LogP contribution in [0.4, 0.5) is 0 Å². The zero-order chi connectivity index (χ0) is 24.9. The first-order valence-corrected chi connectivity index (χ1v) is 12.0. The van der Waals surface area contributed by atoms with Crippen molar-refractivity contribution in [2.24, 2.45) is 0 Å². The Hall–Kier alpha value is -3.19. The number of benzene rings is 3. The van der Waals surface area contributed by atoms with Gasteiger partial charge in [0.1, 0.15) is 5.75 Å². The van der Waals surface area contributed by atoms with Crippen LogP contribution in [0.3, 0.4) is 0 Å². The van der Waals surface area contributed by atoms with Gasteiger partial charge in [0.05, 0.1) is 5.02 Å². The second-order valence-electron chi connectivity index (χ2n) is 8.64. The summed E-state index contributed by atoms with van der Waals surface area (Å²) in [4.78, 5) is 26.0. The fourth-order valence-corrected chi connectivity index (χ4v) is 4.95. The minimum absolute atomic E-state index is 0.0920. The summed E-state index contributed by atoms with van der Waals surface area (Å²) in [6.07, 6.45) is 4.04. The molecule has 0 radical (unpaired) electrons. The maximum absolute atomic E-state index is 12.8. The van der Waals surface area contributed by atoms with E-state index in [4.69, 9.17) is 21.4 Å². The van der Waals surface area contributed by atoms with Crippen molar-refractivity contribution in [3.63, 3.8) is 0 Å². The van der Waals surface area contributed by atoms with E-state index < -0.39 is 6.29 Å². The second kappa shape index (κ2) is 11.0. The highest BCUT2D eigenvalue weighted by Gasteiger charge is 2.34. The Balaban J connectivity index is 0.00000141. The Bertz CT molecular complexity index is 1220. The molecule has 1 saturated carbocycles. The van der Waals surface area contributed by atoms with Crippen LogP contribution in [0.1, 0.15) is 63.8 Å². The number of aliphatic hydroxyl groups excluding tert-OH is 2. The number of ether oxygens (including phenoxy) is 1. The van der Waals surface area contributed by atoms with E-state index >= 15 is 0 Å². The highest BCUT2D eigenvalue weighted by atomic mass is 35.5. The Morgan fingerprint density at radius 1 is 1.03 bits per heavy atom. The molecule has 1 fully saturated rings. The number of hydrogen-bond acceptors (Lipinski definition) is 5. The quantitative estimate of drug-likeness (QED) is 0.355. The lowest BCUT2D eigenvalue weighted by Gasteiger charge is -2.23. The van der Waals surface area contributed by atoms with Gasteiger partial charge in [-0.1, -0.05) is 48.7 Å². The summed E-state index contributed by atoms with van der Waals surface area (Å²) in [5, 5.41) is 18.1. The van der Waals surface area contributed by atoms with Gasteiger partial charge in [-0.15, -0.1) is 0 Å². The number of hydrogen-bond donors (Lipinski definition) is 2. The molecule has 1 atom stereocenters. The Labute approximate surface area is 209 Å². The number of fused-ring (bicyclic) bond motifs is 1. The maximum Gasteiger partial charge on any atom is 0.254 e. The molecular formula is C28H28ClNO5. The van der Waals surface area contributed by atoms with Crippen LogP contribution >= 0.6 is 11.6 Å². The van der Waals surface area contributed by atoms with Crippen LogP contribution in [0.25, 0.3) is 11.1 Å². The van der Waals surface area contributed by atoms with E-state index in [2.05, 4.69) is 0 Å². The average molecular weight is 494 g/mol. The first kappa shape index (κ1) is 24.9. The Morgan fingerprint density at radius 3 is 2.51 bits per heavy atom. The lowest BCUT2D eigenvalue weighted by molar-refractivity contribution is -0.0194. The van der Waals surface area contributed by atoms with E-state index in [9.17, 15) is 14.7 Å². The molecule has 2 aliphatic rings. The molecule has 3 aromatic carbocycles. The van der Waals surface area contributed by atoms with Crippen molar-refractivity contribution in [1.82, 2.24) is 4.90 Å². The van der Waals surface area contributed by atoms with Crippen molar-refractivity contribution in [1.29, 1.82) is 0 Å². The third-order valence-electron chi connectivity index (χ3n) is 6.55. The standard InChI is InChI=1S/C27H24ClNO4.CH4O/c28-25-11-8-18(13-21(25)16-30)17-4-3-5-19(12-17)27(32)33-23-9-10-24-20(14-23)15-29(26(24)31)22-6-1-2-7-22;1-2/h3-5,8-14,16,22,27,32H,1-2,6-7,15H2;2H,1H3. The van der Waals surface area contributed by atoms with Crippen molar-refractivity contribution < 1.29 is 24.5 Å². The number of aliphatic hydroxyl groups is 2. The first-order chi connectivity index (χ1) is 17.0. The number of nitrogens with zero attached hydrogens (tertiary/aromatic N) is 1. The molecule has 35 heavy (non-hydrogen) atoms. The molecule has 0 spiro atoms. The van der Waals surface area contributed by atoms with Crippen LogP contribution in [0.15, 0.2) is 60.7 Å². The summed E-state index contributed by atoms with van der Waals surface area (Å²) < 4.78 is 5.82. The van der Waals surface area contributed by atoms with Crippen molar-refractivity contribution in [2.75, 3.05) is 7.11 Å². The van der Waals surface area contributed by atoms with E-state index in [1.807, 2.05) is 35.2 Å². The minimum Gasteiger partial charge on any atom is -0.461 e. The first-order valence-electron chi connectivity index (χ1n) is 11.6. The van der Waals surface area contributed by atoms with Crippen molar-refractivity contribution in [3.8, 4) is 16.9 Å². The monoisotopic (exact) mass is 493 g/mol. The zero-order valence-corrected chi connectivity index (χ0v) is 20.2. The lowest BCUT2D eigenvalue weighted by atomic mass is 10.0. The van der Waals surface area contributed by atoms with Crippen molar-refractivity contribution in [2.45, 2.75) is 44.6 Å². The molecule has 1 aliphatic carbocycles. The fraction of sp³-hybridized carbons (Fsp3) is 0.286. The molecule has 1 amide bonds. The largest absolute Gasteiger partial charge is 0.461 e. The molecule has 2 N–H and O–H groups in total. The van der Waals surface area contributed by atoms with Crippen LogP contribution in [0, 0.1) is 0 Å². The molecule has 0 aromatic heterocycles. The van der Waals surface area contributed by atoms with Crippen molar-refractivity contribution >= 4 is 23.8 Å². The van der Waals surface area contributed by atoms with Gasteiger partial charge in [-0.2, -0.15) is 0 Å². The summed E-state index contributed by atoms with van der Waals surface area (Å²) >= 11 is 6.04. The summed E-state index contributed by atoms with van der Waals surface area (Å²) in [6, 6.07) is 18.3. The van der Waals surface area contributed by atoms with Gasteiger partial charge < -0.3 is 19.8 Å². The number of carbonyl (C=O) groups is 2. The van der Waals surface area contributed by atoms with Gasteiger partial charge in [-0.05, 0) is 65.9 Å². The van der Waals surface area contributed by atoms with Crippen LogP contribution in [-0.4, -0.2) is 40.5 Å². The highest BCUT2D eigenvalue weighted by molar-refractivity contribution is 6.33. The van der Waals surface area contributed by atoms with Crippen LogP contribution in [0.2, 0.25) is 5.02 Å². The molecule has 5 rings (SSSR count). The smallest absolute Gasteiger partial charge is 0.254 e. The summed E-state index contributed by atoms with van der Waals surface area (Å²) in [7, 11) is 1.00. The molecule has 1 heterocycles. The van der Waals surface area contributed by atoms with Gasteiger partial charge in [-0.25, -0.2) is 0 Å². The Kier molecular flexibility index (Phi) is 7.86. The van der Waals surface area contributed by atoms with E-state index in [1.165, 1.54) is 12.8 Å². The third kappa shape index (κ3) is 5.25. The molecule has 0 bridgehead atoms. The van der Waals surface area contributed by atoms with Gasteiger partial charge >= 0.3 is 0 Å². The fourth-order valence-electron chi connectivity index (χ4n) is 4.79. The second-order valence-corrected chi connectivity index (χ2v) is 9.05. The predicted molar refractivity (Wildman–Crippen MR) is 135 cm³/mol. The predicted octanol–water partition coefficient (Wildman–Crippen LogP) is 5.40. The number of carbonyl (C=O) groups excluding carboxylic acids is 2. The molecule has 182 valence electrons. The van der Waals surface area contributed by atoms with E-state index in [0.717, 1.165) is 48.5 Å². The highest BCUT2D eigenvalue weighted by Crippen LogP contribution is 2.34. The Morgan fingerprint density at radius 2 is 1.77 bits per heavy atom. The van der Waals surface area contributed by atoms with E-state index in [-0.39, 0.29) is 5.91 Å². The van der Waals surface area contributed by atoms with Gasteiger partial charge in [-0.3, -0.25) is 9.59 Å². The average Bonchev–Trinajstić information content (AvgIpc) is 3.53. The molecule has 1 aliphatic heterocycles. The van der Waals surface area contributed by atoms with Gasteiger partial charge in [0.2, 0.25) is 6.29 Å². The zero-order valence-electron chi connectivity index (χ0n) is 19.5. The topological polar surface area (TPSA) is 87.1 Å². The number of halogens is 1. The molecule has 7 heteroatoms. The van der Waals surface area contributed by atoms with E-state index in [0.29, 0.717) is 34.5 Å². The van der Waals surface area contributed by atoms with Gasteiger partial charge in [0.15, 0.2) is 6.29 Å². The normalized spacial score (nSPS) is 15.9. The van der Waals surface area contributed by atoms with Crippen LogP contribution in [0.5, 0.6) is 5.75 Å². The van der Waals surface area contributed by atoms with Crippen molar-refractivity contribution in [3.05, 3.63) is 87.9 Å². The summed E-state index contributed by atoms with van der Waals surface area (Å²) in [5.74, 6) is 0.608. The SMILES string of the molecule is CO.O=Cc1cc(-c2cccc(C(O)Oc3ccc4c(c3)CN(C3CCCC3)C4=O)c2)ccc1Cl. The van der Waals surface area contributed by atoms with E-state index in [1.54, 1.807) is 30.3 Å². The minimum atomic E-state index is -1.18. The lowest BCUT2D eigenvalue weighted by Crippen LogP contribution is -2.33. The molecule has 6 nitrogen and oxygen atoms in total. The summed E-state index contributed by atoms with van der Waals surface area (Å²) in [5.41, 5.74) is 4.31. The molecular weight excluding hydrogens is 466 g/mol. The molecule has 0 saturated heterocycles. The van der Waals surface area contributed by atoms with Crippen LogP contribution < -0.4 is 4.74 Å². The number of amides is 1.